The average molecular weight is 159 g/mol. The Morgan fingerprint density at radius 1 is 1.64 bits per heavy atom. The maximum atomic E-state index is 5.32. The first-order valence-corrected chi connectivity index (χ1v) is 4.22. The molecule has 1 fully saturated rings. The van der Waals surface area contributed by atoms with Crippen LogP contribution in [0.4, 0.5) is 0 Å². The van der Waals surface area contributed by atoms with Gasteiger partial charge in [0.05, 0.1) is 18.8 Å². The van der Waals surface area contributed by atoms with Gasteiger partial charge in [-0.2, -0.15) is 0 Å². The molecule has 1 aliphatic heterocycles. The molecule has 1 heterocycles. The topological polar surface area (TPSA) is 30.5 Å². The zero-order chi connectivity index (χ0) is 8.10. The predicted octanol–water partition coefficient (Wildman–Crippen LogP) is 0.400. The van der Waals surface area contributed by atoms with Crippen molar-refractivity contribution in [1.29, 1.82) is 0 Å². The van der Waals surface area contributed by atoms with Crippen molar-refractivity contribution >= 4 is 0 Å². The first kappa shape index (κ1) is 8.97. The molecule has 0 saturated carbocycles. The zero-order valence-electron chi connectivity index (χ0n) is 7.30. The van der Waals surface area contributed by atoms with Crippen molar-refractivity contribution in [2.24, 2.45) is 0 Å². The second-order valence-electron chi connectivity index (χ2n) is 2.80. The number of likely N-dealkylation sites (N-methyl/N-ethyl adjacent to an activating group) is 1. The maximum Gasteiger partial charge on any atom is 0.0768 e. The van der Waals surface area contributed by atoms with Crippen LogP contribution in [0.1, 0.15) is 13.3 Å². The Kier molecular flexibility index (Phi) is 3.83. The highest BCUT2D eigenvalue weighted by atomic mass is 16.5. The van der Waals surface area contributed by atoms with Gasteiger partial charge in [-0.3, -0.25) is 0 Å². The molecule has 0 aliphatic carbocycles. The highest BCUT2D eigenvalue weighted by Gasteiger charge is 2.24. The van der Waals surface area contributed by atoms with Crippen LogP contribution in [0, 0.1) is 0 Å². The summed E-state index contributed by atoms with van der Waals surface area (Å²) in [6.45, 7) is 4.70. The van der Waals surface area contributed by atoms with E-state index in [1.165, 1.54) is 0 Å². The summed E-state index contributed by atoms with van der Waals surface area (Å²) in [7, 11) is 1.76. The van der Waals surface area contributed by atoms with Crippen molar-refractivity contribution in [1.82, 2.24) is 5.32 Å². The molecule has 0 amide bonds. The molecule has 1 saturated heterocycles. The first-order valence-electron chi connectivity index (χ1n) is 4.22. The quantitative estimate of drug-likeness (QED) is 0.646. The van der Waals surface area contributed by atoms with Gasteiger partial charge in [-0.15, -0.1) is 0 Å². The second-order valence-corrected chi connectivity index (χ2v) is 2.80. The maximum absolute atomic E-state index is 5.32. The molecule has 3 heteroatoms. The average Bonchev–Trinajstić information content (AvgIpc) is 2.06. The van der Waals surface area contributed by atoms with Gasteiger partial charge in [0.25, 0.3) is 0 Å². The SMILES string of the molecule is CCN[C@H]1COCC[C@@H]1OC. The molecule has 0 aromatic carbocycles. The van der Waals surface area contributed by atoms with Crippen LogP contribution < -0.4 is 5.32 Å². The Balaban J connectivity index is 2.31. The summed E-state index contributed by atoms with van der Waals surface area (Å²) in [6.07, 6.45) is 1.34. The van der Waals surface area contributed by atoms with Crippen molar-refractivity contribution in [3.05, 3.63) is 0 Å². The zero-order valence-corrected chi connectivity index (χ0v) is 7.30. The van der Waals surface area contributed by atoms with Gasteiger partial charge in [0.1, 0.15) is 0 Å². The Hall–Kier alpha value is -0.120. The van der Waals surface area contributed by atoms with Crippen LogP contribution >= 0.6 is 0 Å². The molecule has 0 bridgehead atoms. The van der Waals surface area contributed by atoms with E-state index in [0.29, 0.717) is 12.1 Å². The van der Waals surface area contributed by atoms with Gasteiger partial charge < -0.3 is 14.8 Å². The third-order valence-electron chi connectivity index (χ3n) is 2.06. The molecule has 0 radical (unpaired) electrons. The minimum atomic E-state index is 0.337. The number of nitrogens with one attached hydrogen (secondary N) is 1. The van der Waals surface area contributed by atoms with Crippen molar-refractivity contribution in [2.75, 3.05) is 26.9 Å². The summed E-state index contributed by atoms with van der Waals surface area (Å²) in [4.78, 5) is 0. The predicted molar refractivity (Wildman–Crippen MR) is 43.7 cm³/mol. The summed E-state index contributed by atoms with van der Waals surface area (Å²) >= 11 is 0. The van der Waals surface area contributed by atoms with Gasteiger partial charge >= 0.3 is 0 Å². The third-order valence-corrected chi connectivity index (χ3v) is 2.06. The molecule has 3 nitrogen and oxygen atoms in total. The highest BCUT2D eigenvalue weighted by molar-refractivity contribution is 4.79. The van der Waals surface area contributed by atoms with Crippen molar-refractivity contribution in [3.8, 4) is 0 Å². The summed E-state index contributed by atoms with van der Waals surface area (Å²) in [5.41, 5.74) is 0. The van der Waals surface area contributed by atoms with Gasteiger partial charge in [-0.1, -0.05) is 6.92 Å². The summed E-state index contributed by atoms with van der Waals surface area (Å²) in [5.74, 6) is 0. The number of hydrogen-bond donors (Lipinski definition) is 1. The van der Waals surface area contributed by atoms with Crippen LogP contribution in [0.3, 0.4) is 0 Å². The van der Waals surface area contributed by atoms with Gasteiger partial charge in [0, 0.05) is 13.7 Å². The molecule has 66 valence electrons. The van der Waals surface area contributed by atoms with Crippen LogP contribution in [0.15, 0.2) is 0 Å². The number of methoxy groups -OCH3 is 1. The fraction of sp³-hybridized carbons (Fsp3) is 1.00. The number of ether oxygens (including phenoxy) is 2. The normalized spacial score (nSPS) is 32.2. The lowest BCUT2D eigenvalue weighted by Crippen LogP contribution is -2.47. The van der Waals surface area contributed by atoms with E-state index in [4.69, 9.17) is 9.47 Å². The van der Waals surface area contributed by atoms with E-state index in [9.17, 15) is 0 Å². The van der Waals surface area contributed by atoms with E-state index >= 15 is 0 Å². The molecule has 2 atom stereocenters. The first-order chi connectivity index (χ1) is 5.38. The van der Waals surface area contributed by atoms with E-state index in [2.05, 4.69) is 12.2 Å². The fourth-order valence-corrected chi connectivity index (χ4v) is 1.45. The van der Waals surface area contributed by atoms with Gasteiger partial charge in [0.15, 0.2) is 0 Å². The molecule has 0 aromatic heterocycles. The van der Waals surface area contributed by atoms with Gasteiger partial charge in [0.2, 0.25) is 0 Å². The Labute approximate surface area is 68.1 Å². The summed E-state index contributed by atoms with van der Waals surface area (Å²) < 4.78 is 10.6. The lowest BCUT2D eigenvalue weighted by Gasteiger charge is -2.30. The summed E-state index contributed by atoms with van der Waals surface area (Å²) in [5, 5.41) is 3.34. The van der Waals surface area contributed by atoms with Crippen molar-refractivity contribution in [3.63, 3.8) is 0 Å². The van der Waals surface area contributed by atoms with E-state index in [-0.39, 0.29) is 0 Å². The molecule has 11 heavy (non-hydrogen) atoms. The van der Waals surface area contributed by atoms with Crippen LogP contribution in [0.2, 0.25) is 0 Å². The van der Waals surface area contributed by atoms with Crippen LogP contribution in [-0.2, 0) is 9.47 Å². The standard InChI is InChI=1S/C8H17NO2/c1-3-9-7-6-11-5-4-8(7)10-2/h7-9H,3-6H2,1-2H3/t7-,8-/m0/s1. The Morgan fingerprint density at radius 2 is 2.45 bits per heavy atom. The van der Waals surface area contributed by atoms with Gasteiger partial charge in [-0.05, 0) is 13.0 Å². The number of rotatable bonds is 3. The van der Waals surface area contributed by atoms with Crippen molar-refractivity contribution < 1.29 is 9.47 Å². The molecule has 1 rings (SSSR count). The largest absolute Gasteiger partial charge is 0.380 e. The molecule has 1 N–H and O–H groups in total. The van der Waals surface area contributed by atoms with E-state index in [0.717, 1.165) is 26.2 Å². The van der Waals surface area contributed by atoms with Crippen LogP contribution in [-0.4, -0.2) is 39.0 Å². The number of hydrogen-bond acceptors (Lipinski definition) is 3. The molecular formula is C8H17NO2. The second kappa shape index (κ2) is 4.70. The minimum Gasteiger partial charge on any atom is -0.380 e. The lowest BCUT2D eigenvalue weighted by molar-refractivity contribution is -0.0363. The van der Waals surface area contributed by atoms with E-state index in [1.807, 2.05) is 0 Å². The highest BCUT2D eigenvalue weighted by Crippen LogP contribution is 2.10. The third kappa shape index (κ3) is 2.43. The van der Waals surface area contributed by atoms with Crippen LogP contribution in [0.25, 0.3) is 0 Å². The van der Waals surface area contributed by atoms with E-state index in [1.54, 1.807) is 7.11 Å². The van der Waals surface area contributed by atoms with Crippen LogP contribution in [0.5, 0.6) is 0 Å². The Bertz CT molecular complexity index is 106. The summed E-state index contributed by atoms with van der Waals surface area (Å²) in [6, 6.07) is 0.388. The monoisotopic (exact) mass is 159 g/mol. The fourth-order valence-electron chi connectivity index (χ4n) is 1.45. The Morgan fingerprint density at radius 3 is 3.09 bits per heavy atom. The van der Waals surface area contributed by atoms with Crippen molar-refractivity contribution in [2.45, 2.75) is 25.5 Å². The molecular weight excluding hydrogens is 142 g/mol. The molecule has 0 aromatic rings. The molecule has 0 spiro atoms. The minimum absolute atomic E-state index is 0.337. The molecule has 0 unspecified atom stereocenters. The van der Waals surface area contributed by atoms with Gasteiger partial charge in [-0.25, -0.2) is 0 Å². The smallest absolute Gasteiger partial charge is 0.0768 e. The molecule has 1 aliphatic rings. The van der Waals surface area contributed by atoms with E-state index < -0.39 is 0 Å². The lowest BCUT2D eigenvalue weighted by atomic mass is 10.1.